The normalized spacial score (nSPS) is 12.2. The highest BCUT2D eigenvalue weighted by Gasteiger charge is 1.95. The zero-order chi connectivity index (χ0) is 9.11. The summed E-state index contributed by atoms with van der Waals surface area (Å²) < 4.78 is 8.74. The van der Waals surface area contributed by atoms with Gasteiger partial charge in [-0.05, 0) is 0 Å². The molecular formula is C7H23N2O3P. The minimum atomic E-state index is -3.13. The Bertz CT molecular complexity index is 88.1. The topological polar surface area (TPSA) is 128 Å². The van der Waals surface area contributed by atoms with E-state index in [1.165, 1.54) is 32.1 Å². The van der Waals surface area contributed by atoms with Crippen LogP contribution in [-0.4, -0.2) is 9.79 Å². The van der Waals surface area contributed by atoms with Crippen molar-refractivity contribution in [2.24, 2.45) is 0 Å². The van der Waals surface area contributed by atoms with Gasteiger partial charge in [0.2, 0.25) is 0 Å². The van der Waals surface area contributed by atoms with Crippen LogP contribution in [0.5, 0.6) is 0 Å². The highest BCUT2D eigenvalue weighted by atomic mass is 31.1. The fourth-order valence-electron chi connectivity index (χ4n) is 0.884. The molecule has 1 rings (SSSR count). The summed E-state index contributed by atoms with van der Waals surface area (Å²) in [5.41, 5.74) is 0. The van der Waals surface area contributed by atoms with Gasteiger partial charge in [-0.1, -0.05) is 32.1 Å². The van der Waals surface area contributed by atoms with Crippen LogP contribution < -0.4 is 12.3 Å². The first kappa shape index (κ1) is 23.0. The molecule has 0 atom stereocenters. The quantitative estimate of drug-likeness (QED) is 0.363. The first-order valence-electron chi connectivity index (χ1n) is 3.65. The molecule has 0 aliphatic heterocycles. The van der Waals surface area contributed by atoms with E-state index in [0.29, 0.717) is 0 Å². The predicted molar refractivity (Wildman–Crippen MR) is 57.8 cm³/mol. The van der Waals surface area contributed by atoms with Crippen molar-refractivity contribution in [2.45, 2.75) is 32.1 Å². The highest BCUT2D eigenvalue weighted by Crippen LogP contribution is 2.15. The maximum atomic E-state index is 8.74. The standard InChI is InChI=1S/C5H10.C2H4.2H3N.H3O3P/c1-2-4-5-3-1;1-2;;;1-4(2)3/h1-5H2;1-2H2;2*1H3;4H,(H2,1,2,3). The molecule has 1 aliphatic carbocycles. The lowest BCUT2D eigenvalue weighted by Gasteiger charge is -1.67. The lowest BCUT2D eigenvalue weighted by Crippen LogP contribution is -1.47. The molecule has 0 aromatic heterocycles. The van der Waals surface area contributed by atoms with E-state index in [-0.39, 0.29) is 12.3 Å². The monoisotopic (exact) mass is 214 g/mol. The SMILES string of the molecule is C1CCCC1.C=C.N.N.O=[PH](O)O. The molecular weight excluding hydrogens is 191 g/mol. The highest BCUT2D eigenvalue weighted by molar-refractivity contribution is 7.30. The van der Waals surface area contributed by atoms with Gasteiger partial charge in [0, 0.05) is 0 Å². The summed E-state index contributed by atoms with van der Waals surface area (Å²) in [4.78, 5) is 14.3. The molecule has 0 saturated heterocycles. The first-order chi connectivity index (χ1) is 5.23. The Morgan fingerprint density at radius 2 is 0.923 bits per heavy atom. The van der Waals surface area contributed by atoms with Gasteiger partial charge in [0.25, 0.3) is 0 Å². The van der Waals surface area contributed by atoms with Crippen molar-refractivity contribution in [1.29, 1.82) is 0 Å². The van der Waals surface area contributed by atoms with E-state index in [1.807, 2.05) is 0 Å². The molecule has 0 radical (unpaired) electrons. The average Bonchev–Trinajstić information content (AvgIpc) is 2.44. The summed E-state index contributed by atoms with van der Waals surface area (Å²) >= 11 is 0. The molecule has 1 aliphatic rings. The van der Waals surface area contributed by atoms with Crippen LogP contribution in [0.2, 0.25) is 0 Å². The molecule has 0 heterocycles. The second-order valence-electron chi connectivity index (χ2n) is 2.05. The number of rotatable bonds is 0. The van der Waals surface area contributed by atoms with Crippen molar-refractivity contribution >= 4 is 8.25 Å². The lowest BCUT2D eigenvalue weighted by molar-refractivity contribution is 0.405. The third-order valence-corrected chi connectivity index (χ3v) is 1.25. The van der Waals surface area contributed by atoms with Crippen LogP contribution in [0.4, 0.5) is 0 Å². The lowest BCUT2D eigenvalue weighted by atomic mass is 10.4. The average molecular weight is 214 g/mol. The molecule has 6 heteroatoms. The van der Waals surface area contributed by atoms with E-state index in [1.54, 1.807) is 0 Å². The van der Waals surface area contributed by atoms with Crippen LogP contribution in [0, 0.1) is 0 Å². The van der Waals surface area contributed by atoms with Gasteiger partial charge >= 0.3 is 8.25 Å². The van der Waals surface area contributed by atoms with Crippen LogP contribution in [0.15, 0.2) is 13.2 Å². The van der Waals surface area contributed by atoms with E-state index in [9.17, 15) is 0 Å². The minimum absolute atomic E-state index is 0. The second kappa shape index (κ2) is 22.6. The van der Waals surface area contributed by atoms with Crippen LogP contribution in [0.1, 0.15) is 32.1 Å². The fraction of sp³-hybridized carbons (Fsp3) is 0.714. The Morgan fingerprint density at radius 1 is 0.846 bits per heavy atom. The van der Waals surface area contributed by atoms with Gasteiger partial charge in [0.05, 0.1) is 0 Å². The van der Waals surface area contributed by atoms with Crippen molar-refractivity contribution in [3.63, 3.8) is 0 Å². The molecule has 0 aromatic rings. The molecule has 1 fully saturated rings. The summed E-state index contributed by atoms with van der Waals surface area (Å²) in [5, 5.41) is 0. The Morgan fingerprint density at radius 3 is 1.00 bits per heavy atom. The van der Waals surface area contributed by atoms with E-state index in [0.717, 1.165) is 0 Å². The first-order valence-corrected chi connectivity index (χ1v) is 4.95. The molecule has 0 bridgehead atoms. The Labute approximate surface area is 81.0 Å². The summed E-state index contributed by atoms with van der Waals surface area (Å²) in [6.45, 7) is 6.00. The molecule has 13 heavy (non-hydrogen) atoms. The molecule has 0 amide bonds. The third kappa shape index (κ3) is 49.1. The minimum Gasteiger partial charge on any atom is -0.344 e. The number of hydrogen-bond donors (Lipinski definition) is 4. The summed E-state index contributed by atoms with van der Waals surface area (Å²) in [5.74, 6) is 0. The van der Waals surface area contributed by atoms with Crippen molar-refractivity contribution in [3.05, 3.63) is 13.2 Å². The van der Waals surface area contributed by atoms with Gasteiger partial charge in [-0.15, -0.1) is 13.2 Å². The second-order valence-corrected chi connectivity index (χ2v) is 2.62. The summed E-state index contributed by atoms with van der Waals surface area (Å²) in [6.07, 6.45) is 7.50. The fourth-order valence-corrected chi connectivity index (χ4v) is 0.884. The molecule has 8 N–H and O–H groups in total. The van der Waals surface area contributed by atoms with Crippen molar-refractivity contribution in [2.75, 3.05) is 0 Å². The van der Waals surface area contributed by atoms with Gasteiger partial charge in [-0.2, -0.15) is 0 Å². The maximum absolute atomic E-state index is 8.74. The summed E-state index contributed by atoms with van der Waals surface area (Å²) in [7, 11) is -3.13. The zero-order valence-corrected chi connectivity index (χ0v) is 9.17. The molecule has 5 nitrogen and oxygen atoms in total. The molecule has 0 aromatic carbocycles. The molecule has 84 valence electrons. The summed E-state index contributed by atoms with van der Waals surface area (Å²) in [6, 6.07) is 0. The smallest absolute Gasteiger partial charge is 0.314 e. The Hall–Kier alpha value is -0.190. The van der Waals surface area contributed by atoms with Crippen LogP contribution in [-0.2, 0) is 4.57 Å². The van der Waals surface area contributed by atoms with E-state index < -0.39 is 8.25 Å². The van der Waals surface area contributed by atoms with Crippen LogP contribution in [0.25, 0.3) is 0 Å². The van der Waals surface area contributed by atoms with E-state index in [2.05, 4.69) is 13.2 Å². The van der Waals surface area contributed by atoms with E-state index >= 15 is 0 Å². The Kier molecular flexibility index (Phi) is 40.1. The van der Waals surface area contributed by atoms with Crippen molar-refractivity contribution in [1.82, 2.24) is 12.3 Å². The van der Waals surface area contributed by atoms with Crippen LogP contribution >= 0.6 is 8.25 Å². The zero-order valence-electron chi connectivity index (χ0n) is 8.17. The maximum Gasteiger partial charge on any atom is 0.314 e. The predicted octanol–water partition coefficient (Wildman–Crippen LogP) is 2.44. The van der Waals surface area contributed by atoms with Gasteiger partial charge in [-0.25, -0.2) is 0 Å². The molecule has 1 saturated carbocycles. The van der Waals surface area contributed by atoms with E-state index in [4.69, 9.17) is 14.4 Å². The van der Waals surface area contributed by atoms with Gasteiger partial charge in [0.1, 0.15) is 0 Å². The largest absolute Gasteiger partial charge is 0.344 e. The van der Waals surface area contributed by atoms with Crippen LogP contribution in [0.3, 0.4) is 0 Å². The molecule has 0 spiro atoms. The molecule has 0 unspecified atom stereocenters. The number of hydrogen-bond acceptors (Lipinski definition) is 3. The Balaban J connectivity index is -0.0000000472. The third-order valence-electron chi connectivity index (χ3n) is 1.25. The van der Waals surface area contributed by atoms with Gasteiger partial charge in [0.15, 0.2) is 0 Å². The van der Waals surface area contributed by atoms with Gasteiger partial charge in [-0.3, -0.25) is 4.57 Å². The van der Waals surface area contributed by atoms with Crippen molar-refractivity contribution < 1.29 is 14.4 Å². The van der Waals surface area contributed by atoms with Gasteiger partial charge < -0.3 is 22.1 Å². The van der Waals surface area contributed by atoms with Crippen molar-refractivity contribution in [3.8, 4) is 0 Å².